The first-order valence-corrected chi connectivity index (χ1v) is 7.98. The molecular formula is C16H23BrN4. The van der Waals surface area contributed by atoms with Crippen molar-refractivity contribution in [2.75, 3.05) is 0 Å². The molecule has 0 saturated carbocycles. The molecule has 5 heteroatoms. The molecule has 1 unspecified atom stereocenters. The predicted molar refractivity (Wildman–Crippen MR) is 90.0 cm³/mol. The van der Waals surface area contributed by atoms with Crippen LogP contribution in [0.5, 0.6) is 0 Å². The van der Waals surface area contributed by atoms with E-state index in [1.165, 1.54) is 16.7 Å². The smallest absolute Gasteiger partial charge is 0.0715 e. The monoisotopic (exact) mass is 350 g/mol. The van der Waals surface area contributed by atoms with E-state index in [2.05, 4.69) is 72.3 Å². The summed E-state index contributed by atoms with van der Waals surface area (Å²) in [7, 11) is 0. The molecule has 1 aromatic heterocycles. The van der Waals surface area contributed by atoms with Crippen molar-refractivity contribution in [2.24, 2.45) is 5.84 Å². The molecule has 21 heavy (non-hydrogen) atoms. The Morgan fingerprint density at radius 3 is 2.67 bits per heavy atom. The molecule has 0 amide bonds. The highest BCUT2D eigenvalue weighted by atomic mass is 79.9. The van der Waals surface area contributed by atoms with Gasteiger partial charge in [-0.15, -0.1) is 0 Å². The van der Waals surface area contributed by atoms with Crippen LogP contribution in [0.15, 0.2) is 28.9 Å². The van der Waals surface area contributed by atoms with Crippen LogP contribution in [-0.2, 0) is 6.42 Å². The highest BCUT2D eigenvalue weighted by molar-refractivity contribution is 9.10. The second kappa shape index (κ2) is 6.73. The predicted octanol–water partition coefficient (Wildman–Crippen LogP) is 3.59. The summed E-state index contributed by atoms with van der Waals surface area (Å²) in [6, 6.07) is 6.83. The Morgan fingerprint density at radius 2 is 2.05 bits per heavy atom. The zero-order chi connectivity index (χ0) is 15.6. The lowest BCUT2D eigenvalue weighted by molar-refractivity contribution is 0.446. The van der Waals surface area contributed by atoms with E-state index in [9.17, 15) is 0 Å². The van der Waals surface area contributed by atoms with Crippen LogP contribution in [0.2, 0.25) is 0 Å². The normalized spacial score (nSPS) is 12.9. The summed E-state index contributed by atoms with van der Waals surface area (Å²) in [6.45, 7) is 8.49. The molecule has 0 bridgehead atoms. The first-order valence-electron chi connectivity index (χ1n) is 7.19. The number of benzene rings is 1. The molecule has 2 rings (SSSR count). The molecule has 0 radical (unpaired) electrons. The minimum atomic E-state index is 0.0183. The van der Waals surface area contributed by atoms with Crippen molar-refractivity contribution in [3.05, 3.63) is 51.3 Å². The van der Waals surface area contributed by atoms with E-state index in [4.69, 9.17) is 5.84 Å². The van der Waals surface area contributed by atoms with Crippen molar-refractivity contribution in [3.8, 4) is 0 Å². The highest BCUT2D eigenvalue weighted by Gasteiger charge is 2.21. The number of halogens is 1. The van der Waals surface area contributed by atoms with Gasteiger partial charge in [-0.2, -0.15) is 5.10 Å². The van der Waals surface area contributed by atoms with Crippen LogP contribution in [0.25, 0.3) is 0 Å². The first-order chi connectivity index (χ1) is 9.93. The highest BCUT2D eigenvalue weighted by Crippen LogP contribution is 2.28. The van der Waals surface area contributed by atoms with E-state index in [-0.39, 0.29) is 6.04 Å². The SMILES string of the molecule is Cc1ccc(C)c(CC(NN)c2c(Br)cnn2C(C)C)c1. The van der Waals surface area contributed by atoms with Crippen molar-refractivity contribution in [2.45, 2.75) is 46.2 Å². The number of hydrazine groups is 1. The summed E-state index contributed by atoms with van der Waals surface area (Å²) in [5, 5.41) is 4.44. The summed E-state index contributed by atoms with van der Waals surface area (Å²) in [6.07, 6.45) is 2.67. The van der Waals surface area contributed by atoms with Crippen molar-refractivity contribution < 1.29 is 0 Å². The molecule has 2 aromatic rings. The van der Waals surface area contributed by atoms with Crippen molar-refractivity contribution in [1.82, 2.24) is 15.2 Å². The summed E-state index contributed by atoms with van der Waals surface area (Å²) in [5.41, 5.74) is 7.89. The van der Waals surface area contributed by atoms with Crippen LogP contribution in [-0.4, -0.2) is 9.78 Å². The van der Waals surface area contributed by atoms with Crippen molar-refractivity contribution in [3.63, 3.8) is 0 Å². The van der Waals surface area contributed by atoms with Gasteiger partial charge < -0.3 is 0 Å². The van der Waals surface area contributed by atoms with E-state index in [1.54, 1.807) is 0 Å². The van der Waals surface area contributed by atoms with E-state index in [1.807, 2.05) is 10.9 Å². The standard InChI is InChI=1S/C16H23BrN4/c1-10(2)21-16(14(17)9-19-21)15(20-18)8-13-7-11(3)5-6-12(13)4/h5-7,9-10,15,20H,8,18H2,1-4H3. The van der Waals surface area contributed by atoms with Crippen LogP contribution in [0.1, 0.15) is 48.3 Å². The van der Waals surface area contributed by atoms with Crippen molar-refractivity contribution in [1.29, 1.82) is 0 Å². The van der Waals surface area contributed by atoms with Crippen LogP contribution in [0.3, 0.4) is 0 Å². The van der Waals surface area contributed by atoms with Gasteiger partial charge in [0.05, 0.1) is 22.4 Å². The Morgan fingerprint density at radius 1 is 1.33 bits per heavy atom. The largest absolute Gasteiger partial charge is 0.271 e. The molecule has 1 aromatic carbocycles. The number of hydrogen-bond donors (Lipinski definition) is 2. The Bertz CT molecular complexity index is 619. The minimum Gasteiger partial charge on any atom is -0.271 e. The van der Waals surface area contributed by atoms with Gasteiger partial charge in [0.15, 0.2) is 0 Å². The summed E-state index contributed by atoms with van der Waals surface area (Å²) in [4.78, 5) is 0. The molecule has 114 valence electrons. The summed E-state index contributed by atoms with van der Waals surface area (Å²) < 4.78 is 3.00. The molecular weight excluding hydrogens is 328 g/mol. The topological polar surface area (TPSA) is 55.9 Å². The number of aryl methyl sites for hydroxylation is 2. The zero-order valence-corrected chi connectivity index (χ0v) is 14.6. The molecule has 0 fully saturated rings. The molecule has 1 atom stereocenters. The summed E-state index contributed by atoms with van der Waals surface area (Å²) >= 11 is 3.59. The Kier molecular flexibility index (Phi) is 5.19. The summed E-state index contributed by atoms with van der Waals surface area (Å²) in [5.74, 6) is 5.83. The first kappa shape index (κ1) is 16.2. The molecule has 0 aliphatic heterocycles. The van der Waals surface area contributed by atoms with Gasteiger partial charge in [0, 0.05) is 6.04 Å². The van der Waals surface area contributed by atoms with Gasteiger partial charge in [-0.3, -0.25) is 16.0 Å². The molecule has 0 saturated heterocycles. The molecule has 0 aliphatic carbocycles. The van der Waals surface area contributed by atoms with Gasteiger partial charge in [-0.1, -0.05) is 23.8 Å². The van der Waals surface area contributed by atoms with Gasteiger partial charge in [0.2, 0.25) is 0 Å². The van der Waals surface area contributed by atoms with Crippen molar-refractivity contribution >= 4 is 15.9 Å². The number of nitrogens with zero attached hydrogens (tertiary/aromatic N) is 2. The lowest BCUT2D eigenvalue weighted by atomic mass is 9.97. The Labute approximate surface area is 134 Å². The maximum absolute atomic E-state index is 5.83. The third kappa shape index (κ3) is 3.54. The minimum absolute atomic E-state index is 0.0183. The fourth-order valence-electron chi connectivity index (χ4n) is 2.56. The number of rotatable bonds is 5. The number of nitrogens with one attached hydrogen (secondary N) is 1. The number of hydrogen-bond acceptors (Lipinski definition) is 3. The van der Waals surface area contributed by atoms with Gasteiger partial charge in [0.25, 0.3) is 0 Å². The number of aromatic nitrogens is 2. The number of nitrogens with two attached hydrogens (primary N) is 1. The van der Waals surface area contributed by atoms with Crippen LogP contribution in [0.4, 0.5) is 0 Å². The molecule has 1 heterocycles. The second-order valence-corrected chi connectivity index (χ2v) is 6.62. The third-order valence-corrected chi connectivity index (χ3v) is 4.35. The molecule has 0 aliphatic rings. The van der Waals surface area contributed by atoms with Gasteiger partial charge in [-0.25, -0.2) is 0 Å². The van der Waals surface area contributed by atoms with E-state index in [0.29, 0.717) is 6.04 Å². The lowest BCUT2D eigenvalue weighted by Crippen LogP contribution is -2.32. The van der Waals surface area contributed by atoms with Crippen LogP contribution >= 0.6 is 15.9 Å². The maximum Gasteiger partial charge on any atom is 0.0715 e. The Balaban J connectivity index is 2.37. The lowest BCUT2D eigenvalue weighted by Gasteiger charge is -2.21. The van der Waals surface area contributed by atoms with E-state index < -0.39 is 0 Å². The molecule has 0 spiro atoms. The average Bonchev–Trinajstić information content (AvgIpc) is 2.82. The van der Waals surface area contributed by atoms with E-state index in [0.717, 1.165) is 16.6 Å². The van der Waals surface area contributed by atoms with Gasteiger partial charge in [0.1, 0.15) is 0 Å². The maximum atomic E-state index is 5.83. The van der Waals surface area contributed by atoms with Gasteiger partial charge >= 0.3 is 0 Å². The zero-order valence-electron chi connectivity index (χ0n) is 13.0. The van der Waals surface area contributed by atoms with E-state index >= 15 is 0 Å². The fraction of sp³-hybridized carbons (Fsp3) is 0.438. The third-order valence-electron chi connectivity index (χ3n) is 3.74. The quantitative estimate of drug-likeness (QED) is 0.639. The second-order valence-electron chi connectivity index (χ2n) is 5.77. The Hall–Kier alpha value is -1.17. The van der Waals surface area contributed by atoms with Crippen LogP contribution < -0.4 is 11.3 Å². The van der Waals surface area contributed by atoms with Crippen LogP contribution in [0, 0.1) is 13.8 Å². The average molecular weight is 351 g/mol. The molecule has 4 nitrogen and oxygen atoms in total. The molecule has 3 N–H and O–H groups in total. The fourth-order valence-corrected chi connectivity index (χ4v) is 3.11. The van der Waals surface area contributed by atoms with Gasteiger partial charge in [-0.05, 0) is 61.2 Å².